The summed E-state index contributed by atoms with van der Waals surface area (Å²) in [6.45, 7) is 7.69. The van der Waals surface area contributed by atoms with E-state index >= 15 is 0 Å². The van der Waals surface area contributed by atoms with Gasteiger partial charge in [-0.05, 0) is 36.7 Å². The summed E-state index contributed by atoms with van der Waals surface area (Å²) in [4.78, 5) is 80.2. The molecule has 2 saturated heterocycles. The van der Waals surface area contributed by atoms with Crippen LogP contribution in [0.25, 0.3) is 0 Å². The standard InChI is InChI=1S/C30H43N5O7/c1-5-18(3)24(28(39)33-25(19(4)6-2)29(40)34-16-10-13-21(34)26(31)37)32-27(38)22-14-15-23(36)35(22)30(41)42-17-20-11-8-7-9-12-20/h7-9,11-12,18-19,21-22,24-25H,5-6,10,13-17H2,1-4H3,(H2,31,37)(H,32,38)(H,33,39)/t18-,19-,21+,22-,24+,25-/m0/s1. The molecule has 0 saturated carbocycles. The number of carbonyl (C=O) groups excluding carboxylic acids is 6. The highest BCUT2D eigenvalue weighted by molar-refractivity contribution is 6.02. The van der Waals surface area contributed by atoms with Crippen molar-refractivity contribution in [3.63, 3.8) is 0 Å². The topological polar surface area (TPSA) is 168 Å². The average molecular weight is 586 g/mol. The molecule has 12 nitrogen and oxygen atoms in total. The first-order chi connectivity index (χ1) is 20.0. The van der Waals surface area contributed by atoms with Gasteiger partial charge < -0.3 is 26.0 Å². The van der Waals surface area contributed by atoms with Crippen molar-refractivity contribution < 1.29 is 33.5 Å². The molecular weight excluding hydrogens is 542 g/mol. The molecule has 0 radical (unpaired) electrons. The Bertz CT molecular complexity index is 1160. The maximum atomic E-state index is 13.6. The second-order valence-electron chi connectivity index (χ2n) is 11.2. The zero-order chi connectivity index (χ0) is 31.0. The molecule has 42 heavy (non-hydrogen) atoms. The third-order valence-electron chi connectivity index (χ3n) is 8.35. The van der Waals surface area contributed by atoms with Crippen molar-refractivity contribution in [2.24, 2.45) is 17.6 Å². The van der Waals surface area contributed by atoms with Crippen LogP contribution in [0.15, 0.2) is 30.3 Å². The minimum absolute atomic E-state index is 0.0137. The summed E-state index contributed by atoms with van der Waals surface area (Å²) < 4.78 is 5.31. The van der Waals surface area contributed by atoms with Gasteiger partial charge in [0.15, 0.2) is 0 Å². The van der Waals surface area contributed by atoms with Crippen LogP contribution in [-0.4, -0.2) is 76.1 Å². The SMILES string of the molecule is CC[C@H](C)[C@H](NC(=O)[C@H](NC(=O)[C@@H]1CCC(=O)N1C(=O)OCc1ccccc1)[C@@H](C)CC)C(=O)N1CCC[C@@H]1C(N)=O. The van der Waals surface area contributed by atoms with E-state index in [9.17, 15) is 28.8 Å². The summed E-state index contributed by atoms with van der Waals surface area (Å²) >= 11 is 0. The third kappa shape index (κ3) is 7.65. The lowest BCUT2D eigenvalue weighted by atomic mass is 9.94. The molecule has 0 spiro atoms. The second kappa shape index (κ2) is 14.8. The number of ether oxygens (including phenoxy) is 1. The van der Waals surface area contributed by atoms with Crippen molar-refractivity contribution in [1.82, 2.24) is 20.4 Å². The normalized spacial score (nSPS) is 21.3. The summed E-state index contributed by atoms with van der Waals surface area (Å²) in [5.74, 6) is -3.31. The fourth-order valence-electron chi connectivity index (χ4n) is 5.33. The van der Waals surface area contributed by atoms with Crippen LogP contribution in [0.1, 0.15) is 71.8 Å². The number of benzene rings is 1. The molecule has 6 amide bonds. The molecule has 230 valence electrons. The van der Waals surface area contributed by atoms with Crippen LogP contribution in [0, 0.1) is 11.8 Å². The van der Waals surface area contributed by atoms with E-state index in [-0.39, 0.29) is 37.2 Å². The molecule has 4 N–H and O–H groups in total. The number of rotatable bonds is 12. The van der Waals surface area contributed by atoms with Gasteiger partial charge in [0.05, 0.1) is 0 Å². The Morgan fingerprint density at radius 2 is 1.60 bits per heavy atom. The molecule has 0 bridgehead atoms. The summed E-state index contributed by atoms with van der Waals surface area (Å²) in [5, 5.41) is 5.56. The molecule has 1 aromatic carbocycles. The van der Waals surface area contributed by atoms with E-state index in [4.69, 9.17) is 10.5 Å². The smallest absolute Gasteiger partial charge is 0.417 e. The number of nitrogens with one attached hydrogen (secondary N) is 2. The first-order valence-electron chi connectivity index (χ1n) is 14.7. The predicted molar refractivity (Wildman–Crippen MR) is 153 cm³/mol. The first kappa shape index (κ1) is 32.6. The van der Waals surface area contributed by atoms with Gasteiger partial charge in [0, 0.05) is 13.0 Å². The van der Waals surface area contributed by atoms with Crippen LogP contribution in [-0.2, 0) is 35.3 Å². The zero-order valence-electron chi connectivity index (χ0n) is 24.8. The van der Waals surface area contributed by atoms with Crippen molar-refractivity contribution in [2.75, 3.05) is 6.54 Å². The number of imide groups is 1. The molecule has 12 heteroatoms. The summed E-state index contributed by atoms with van der Waals surface area (Å²) in [7, 11) is 0. The Morgan fingerprint density at radius 1 is 0.952 bits per heavy atom. The van der Waals surface area contributed by atoms with Crippen LogP contribution in [0.4, 0.5) is 4.79 Å². The minimum Gasteiger partial charge on any atom is -0.444 e. The molecule has 1 aromatic rings. The van der Waals surface area contributed by atoms with Crippen LogP contribution in [0.2, 0.25) is 0 Å². The van der Waals surface area contributed by atoms with Gasteiger partial charge in [-0.15, -0.1) is 0 Å². The van der Waals surface area contributed by atoms with Gasteiger partial charge >= 0.3 is 6.09 Å². The van der Waals surface area contributed by atoms with Crippen molar-refractivity contribution in [3.05, 3.63) is 35.9 Å². The van der Waals surface area contributed by atoms with Crippen molar-refractivity contribution in [1.29, 1.82) is 0 Å². The van der Waals surface area contributed by atoms with E-state index in [0.29, 0.717) is 32.2 Å². The van der Waals surface area contributed by atoms with Gasteiger partial charge in [0.25, 0.3) is 0 Å². The van der Waals surface area contributed by atoms with Gasteiger partial charge in [0.1, 0.15) is 30.8 Å². The van der Waals surface area contributed by atoms with E-state index in [1.54, 1.807) is 31.2 Å². The molecule has 6 atom stereocenters. The minimum atomic E-state index is -1.13. The number of carbonyl (C=O) groups is 6. The van der Waals surface area contributed by atoms with E-state index in [1.165, 1.54) is 4.90 Å². The zero-order valence-corrected chi connectivity index (χ0v) is 24.8. The molecule has 2 fully saturated rings. The van der Waals surface area contributed by atoms with Crippen LogP contribution >= 0.6 is 0 Å². The Labute approximate surface area is 246 Å². The number of nitrogens with two attached hydrogens (primary N) is 1. The maximum absolute atomic E-state index is 13.6. The summed E-state index contributed by atoms with van der Waals surface area (Å²) in [5.41, 5.74) is 6.25. The summed E-state index contributed by atoms with van der Waals surface area (Å²) in [6, 6.07) is 5.13. The highest BCUT2D eigenvalue weighted by Crippen LogP contribution is 2.23. The monoisotopic (exact) mass is 585 g/mol. The quantitative estimate of drug-likeness (QED) is 0.336. The number of nitrogens with zero attached hydrogens (tertiary/aromatic N) is 2. The van der Waals surface area contributed by atoms with Gasteiger partial charge in [-0.1, -0.05) is 70.9 Å². The largest absolute Gasteiger partial charge is 0.444 e. The Balaban J connectivity index is 1.73. The fourth-order valence-corrected chi connectivity index (χ4v) is 5.33. The number of likely N-dealkylation sites (tertiary alicyclic amines) is 2. The molecular formula is C30H43N5O7. The predicted octanol–water partition coefficient (Wildman–Crippen LogP) is 1.85. The molecule has 0 unspecified atom stereocenters. The van der Waals surface area contributed by atoms with Crippen LogP contribution in [0.3, 0.4) is 0 Å². The number of hydrogen-bond acceptors (Lipinski definition) is 7. The van der Waals surface area contributed by atoms with E-state index < -0.39 is 53.9 Å². The highest BCUT2D eigenvalue weighted by atomic mass is 16.6. The van der Waals surface area contributed by atoms with Crippen LogP contribution < -0.4 is 16.4 Å². The molecule has 2 aliphatic heterocycles. The van der Waals surface area contributed by atoms with Crippen LogP contribution in [0.5, 0.6) is 0 Å². The van der Waals surface area contributed by atoms with Crippen molar-refractivity contribution in [3.8, 4) is 0 Å². The lowest BCUT2D eigenvalue weighted by Gasteiger charge is -2.33. The molecule has 0 aliphatic carbocycles. The van der Waals surface area contributed by atoms with E-state index in [0.717, 1.165) is 10.5 Å². The molecule has 2 aliphatic rings. The molecule has 2 heterocycles. The van der Waals surface area contributed by atoms with Gasteiger partial charge in [-0.25, -0.2) is 9.69 Å². The fraction of sp³-hybridized carbons (Fsp3) is 0.600. The third-order valence-corrected chi connectivity index (χ3v) is 8.35. The van der Waals surface area contributed by atoms with Crippen molar-refractivity contribution >= 4 is 35.6 Å². The van der Waals surface area contributed by atoms with Gasteiger partial charge in [-0.2, -0.15) is 0 Å². The van der Waals surface area contributed by atoms with Gasteiger partial charge in [-0.3, -0.25) is 24.0 Å². The van der Waals surface area contributed by atoms with E-state index in [1.807, 2.05) is 26.8 Å². The summed E-state index contributed by atoms with van der Waals surface area (Å²) in [6.07, 6.45) is 1.37. The average Bonchev–Trinajstić information content (AvgIpc) is 3.64. The number of primary amides is 1. The lowest BCUT2D eigenvalue weighted by molar-refractivity contribution is -0.142. The Kier molecular flexibility index (Phi) is 11.5. The second-order valence-corrected chi connectivity index (χ2v) is 11.2. The van der Waals surface area contributed by atoms with Crippen molar-refractivity contribution in [2.45, 2.75) is 97.0 Å². The Morgan fingerprint density at radius 3 is 2.21 bits per heavy atom. The Hall–Kier alpha value is -3.96. The maximum Gasteiger partial charge on any atom is 0.417 e. The molecule has 3 rings (SSSR count). The first-order valence-corrected chi connectivity index (χ1v) is 14.7. The lowest BCUT2D eigenvalue weighted by Crippen LogP contribution is -2.60. The number of hydrogen-bond donors (Lipinski definition) is 3. The van der Waals surface area contributed by atoms with Gasteiger partial charge in [0.2, 0.25) is 29.5 Å². The molecule has 0 aromatic heterocycles. The highest BCUT2D eigenvalue weighted by Gasteiger charge is 2.44. The van der Waals surface area contributed by atoms with E-state index in [2.05, 4.69) is 10.6 Å². The number of amides is 6.